The highest BCUT2D eigenvalue weighted by molar-refractivity contribution is 7.15. The van der Waals surface area contributed by atoms with Gasteiger partial charge in [0.15, 0.2) is 0 Å². The van der Waals surface area contributed by atoms with Gasteiger partial charge in [-0.1, -0.05) is 12.1 Å². The lowest BCUT2D eigenvalue weighted by molar-refractivity contribution is 0.752. The Morgan fingerprint density at radius 2 is 2.04 bits per heavy atom. The number of nitriles is 1. The highest BCUT2D eigenvalue weighted by Gasteiger charge is 2.11. The van der Waals surface area contributed by atoms with Crippen LogP contribution in [0.3, 0.4) is 0 Å². The van der Waals surface area contributed by atoms with E-state index in [1.807, 2.05) is 49.2 Å². The van der Waals surface area contributed by atoms with E-state index in [4.69, 9.17) is 5.26 Å². The van der Waals surface area contributed by atoms with Gasteiger partial charge < -0.3 is 9.55 Å². The maximum atomic E-state index is 8.91. The third kappa shape index (κ3) is 3.30. The van der Waals surface area contributed by atoms with Crippen LogP contribution in [0.1, 0.15) is 27.4 Å². The molecule has 1 aromatic carbocycles. The van der Waals surface area contributed by atoms with Crippen molar-refractivity contribution in [3.8, 4) is 16.6 Å². The van der Waals surface area contributed by atoms with Gasteiger partial charge in [-0.2, -0.15) is 5.26 Å². The lowest BCUT2D eigenvalue weighted by Crippen LogP contribution is -2.03. The molecule has 6 heteroatoms. The van der Waals surface area contributed by atoms with E-state index in [-0.39, 0.29) is 0 Å². The zero-order valence-electron chi connectivity index (χ0n) is 14.3. The first kappa shape index (κ1) is 16.3. The second kappa shape index (κ2) is 6.98. The van der Waals surface area contributed by atoms with Crippen molar-refractivity contribution in [1.82, 2.24) is 19.5 Å². The number of nitrogens with zero attached hydrogens (tertiary/aromatic N) is 4. The fourth-order valence-corrected chi connectivity index (χ4v) is 3.90. The van der Waals surface area contributed by atoms with E-state index in [1.165, 1.54) is 5.56 Å². The third-order valence-corrected chi connectivity index (χ3v) is 5.34. The Kier molecular flexibility index (Phi) is 4.38. The first-order chi connectivity index (χ1) is 12.7. The number of H-pyrrole nitrogens is 1. The van der Waals surface area contributed by atoms with Crippen LogP contribution in [0.15, 0.2) is 55.2 Å². The maximum Gasteiger partial charge on any atom is 0.0991 e. The van der Waals surface area contributed by atoms with Crippen molar-refractivity contribution in [3.63, 3.8) is 0 Å². The normalized spacial score (nSPS) is 10.8. The predicted molar refractivity (Wildman–Crippen MR) is 102 cm³/mol. The molecular formula is C20H17N5S. The number of aromatic amines is 1. The summed E-state index contributed by atoms with van der Waals surface area (Å²) in [7, 11) is 0. The molecule has 0 radical (unpaired) electrons. The zero-order chi connectivity index (χ0) is 17.9. The van der Waals surface area contributed by atoms with Crippen LogP contribution in [-0.4, -0.2) is 19.5 Å². The topological polar surface area (TPSA) is 70.3 Å². The van der Waals surface area contributed by atoms with Gasteiger partial charge in [-0.25, -0.2) is 9.97 Å². The highest BCUT2D eigenvalue weighted by atomic mass is 32.1. The molecule has 3 heterocycles. The van der Waals surface area contributed by atoms with Gasteiger partial charge >= 0.3 is 0 Å². The summed E-state index contributed by atoms with van der Waals surface area (Å²) in [5.41, 5.74) is 5.31. The molecule has 4 rings (SSSR count). The second-order valence-electron chi connectivity index (χ2n) is 6.15. The number of rotatable bonds is 5. The number of aromatic nitrogens is 4. The Hall–Kier alpha value is -3.17. The molecule has 0 aliphatic heterocycles. The Labute approximate surface area is 155 Å². The smallest absolute Gasteiger partial charge is 0.0991 e. The summed E-state index contributed by atoms with van der Waals surface area (Å²) in [5, 5.41) is 9.97. The van der Waals surface area contributed by atoms with E-state index in [0.29, 0.717) is 5.56 Å². The third-order valence-electron chi connectivity index (χ3n) is 4.32. The van der Waals surface area contributed by atoms with Crippen LogP contribution >= 0.6 is 11.3 Å². The van der Waals surface area contributed by atoms with E-state index >= 15 is 0 Å². The van der Waals surface area contributed by atoms with Crippen LogP contribution in [0.2, 0.25) is 0 Å². The van der Waals surface area contributed by atoms with E-state index in [2.05, 4.69) is 38.6 Å². The number of nitrogens with one attached hydrogen (secondary N) is 1. The van der Waals surface area contributed by atoms with Crippen LogP contribution < -0.4 is 0 Å². The first-order valence-corrected chi connectivity index (χ1v) is 9.11. The van der Waals surface area contributed by atoms with Gasteiger partial charge in [0.2, 0.25) is 0 Å². The molecular weight excluding hydrogens is 342 g/mol. The molecule has 0 aliphatic rings. The summed E-state index contributed by atoms with van der Waals surface area (Å²) in [6, 6.07) is 11.9. The monoisotopic (exact) mass is 359 g/mol. The molecule has 0 atom stereocenters. The van der Waals surface area contributed by atoms with Crippen molar-refractivity contribution in [2.24, 2.45) is 0 Å². The average molecular weight is 359 g/mol. The Balaban J connectivity index is 1.51. The van der Waals surface area contributed by atoms with Gasteiger partial charge in [-0.15, -0.1) is 11.3 Å². The molecule has 0 aliphatic carbocycles. The molecule has 0 spiro atoms. The van der Waals surface area contributed by atoms with Crippen LogP contribution in [0, 0.1) is 18.3 Å². The SMILES string of the molecule is Cc1cc[nH]c1-c1cnc(Cc2cncn2Cc2ccc(C#N)cc2)s1. The number of hydrogen-bond donors (Lipinski definition) is 1. The van der Waals surface area contributed by atoms with Crippen molar-refractivity contribution in [1.29, 1.82) is 5.26 Å². The number of hydrogen-bond acceptors (Lipinski definition) is 4. The molecule has 0 amide bonds. The Bertz CT molecular complexity index is 1060. The minimum absolute atomic E-state index is 0.675. The molecule has 0 fully saturated rings. The molecule has 0 saturated carbocycles. The molecule has 0 unspecified atom stereocenters. The molecule has 26 heavy (non-hydrogen) atoms. The quantitative estimate of drug-likeness (QED) is 0.582. The minimum Gasteiger partial charge on any atom is -0.360 e. The molecule has 1 N–H and O–H groups in total. The zero-order valence-corrected chi connectivity index (χ0v) is 15.1. The summed E-state index contributed by atoms with van der Waals surface area (Å²) in [6.45, 7) is 2.83. The van der Waals surface area contributed by atoms with Crippen LogP contribution in [-0.2, 0) is 13.0 Å². The number of aryl methyl sites for hydroxylation is 1. The molecule has 3 aromatic heterocycles. The van der Waals surface area contributed by atoms with Gasteiger partial charge in [-0.3, -0.25) is 0 Å². The van der Waals surface area contributed by atoms with E-state index in [1.54, 1.807) is 11.3 Å². The minimum atomic E-state index is 0.675. The van der Waals surface area contributed by atoms with Crippen LogP contribution in [0.5, 0.6) is 0 Å². The van der Waals surface area contributed by atoms with Gasteiger partial charge in [0.05, 0.1) is 33.5 Å². The number of thiazole rings is 1. The van der Waals surface area contributed by atoms with Gasteiger partial charge in [0.25, 0.3) is 0 Å². The van der Waals surface area contributed by atoms with Crippen molar-refractivity contribution in [2.45, 2.75) is 19.9 Å². The first-order valence-electron chi connectivity index (χ1n) is 8.30. The summed E-state index contributed by atoms with van der Waals surface area (Å²) >= 11 is 1.70. The van der Waals surface area contributed by atoms with Gasteiger partial charge in [0, 0.05) is 37.3 Å². The van der Waals surface area contributed by atoms with Crippen molar-refractivity contribution < 1.29 is 0 Å². The lowest BCUT2D eigenvalue weighted by Gasteiger charge is -2.07. The molecule has 4 aromatic rings. The van der Waals surface area contributed by atoms with Crippen LogP contribution in [0.25, 0.3) is 10.6 Å². The summed E-state index contributed by atoms with van der Waals surface area (Å²) in [4.78, 5) is 13.3. The number of benzene rings is 1. The lowest BCUT2D eigenvalue weighted by atomic mass is 10.1. The number of imidazole rings is 1. The summed E-state index contributed by atoms with van der Waals surface area (Å²) in [5.74, 6) is 0. The maximum absolute atomic E-state index is 8.91. The van der Waals surface area contributed by atoms with Gasteiger partial charge in [-0.05, 0) is 36.2 Å². The summed E-state index contributed by atoms with van der Waals surface area (Å²) in [6.07, 6.45) is 8.37. The van der Waals surface area contributed by atoms with E-state index in [0.717, 1.165) is 39.8 Å². The van der Waals surface area contributed by atoms with Crippen molar-refractivity contribution >= 4 is 11.3 Å². The van der Waals surface area contributed by atoms with Crippen LogP contribution in [0.4, 0.5) is 0 Å². The molecule has 128 valence electrons. The second-order valence-corrected chi connectivity index (χ2v) is 7.27. The van der Waals surface area contributed by atoms with Crippen molar-refractivity contribution in [3.05, 3.63) is 82.6 Å². The standard InChI is InChI=1S/C20H17N5S/c1-14-6-7-23-20(14)18-11-24-19(26-18)8-17-10-22-13-25(17)12-16-4-2-15(9-21)3-5-16/h2-7,10-11,13,23H,8,12H2,1H3. The summed E-state index contributed by atoms with van der Waals surface area (Å²) < 4.78 is 2.13. The fraction of sp³-hybridized carbons (Fsp3) is 0.150. The molecule has 5 nitrogen and oxygen atoms in total. The van der Waals surface area contributed by atoms with E-state index < -0.39 is 0 Å². The average Bonchev–Trinajstić information content (AvgIpc) is 3.38. The van der Waals surface area contributed by atoms with E-state index in [9.17, 15) is 0 Å². The Morgan fingerprint density at radius 1 is 1.19 bits per heavy atom. The molecule has 0 saturated heterocycles. The van der Waals surface area contributed by atoms with Crippen molar-refractivity contribution in [2.75, 3.05) is 0 Å². The molecule has 0 bridgehead atoms. The largest absolute Gasteiger partial charge is 0.360 e. The Morgan fingerprint density at radius 3 is 2.77 bits per heavy atom. The highest BCUT2D eigenvalue weighted by Crippen LogP contribution is 2.28. The van der Waals surface area contributed by atoms with Gasteiger partial charge in [0.1, 0.15) is 0 Å². The predicted octanol–water partition coefficient (Wildman–Crippen LogP) is 4.15. The fourth-order valence-electron chi connectivity index (χ4n) is 2.89.